The van der Waals surface area contributed by atoms with E-state index in [1.165, 1.54) is 6.39 Å². The molecule has 0 saturated heterocycles. The highest BCUT2D eigenvalue weighted by molar-refractivity contribution is 5.53. The number of rotatable bonds is 1. The summed E-state index contributed by atoms with van der Waals surface area (Å²) in [6.07, 6.45) is 6.53. The van der Waals surface area contributed by atoms with E-state index in [1.807, 2.05) is 12.1 Å². The molecule has 0 aliphatic rings. The highest BCUT2D eigenvalue weighted by Gasteiger charge is 1.97. The Morgan fingerprint density at radius 1 is 1.18 bits per heavy atom. The van der Waals surface area contributed by atoms with Crippen molar-refractivity contribution in [1.29, 1.82) is 0 Å². The summed E-state index contributed by atoms with van der Waals surface area (Å²) >= 11 is 0. The van der Waals surface area contributed by atoms with Gasteiger partial charge < -0.3 is 4.42 Å². The summed E-state index contributed by atoms with van der Waals surface area (Å²) in [4.78, 5) is 7.76. The molecule has 11 heavy (non-hydrogen) atoms. The molecule has 2 aromatic rings. The number of nitrogens with zero attached hydrogens (tertiary/aromatic N) is 2. The Hall–Kier alpha value is -1.64. The van der Waals surface area contributed by atoms with Crippen molar-refractivity contribution in [2.45, 2.75) is 0 Å². The highest BCUT2D eigenvalue weighted by Crippen LogP contribution is 2.15. The molecule has 0 aliphatic heterocycles. The Kier molecular flexibility index (Phi) is 1.41. The van der Waals surface area contributed by atoms with Crippen molar-refractivity contribution < 1.29 is 4.42 Å². The molecular formula is C8H6N2O. The molecule has 0 fully saturated rings. The molecule has 0 amide bonds. The monoisotopic (exact) mass is 146 g/mol. The zero-order chi connectivity index (χ0) is 7.52. The molecule has 0 radical (unpaired) electrons. The fraction of sp³-hybridized carbons (Fsp3) is 0. The lowest BCUT2D eigenvalue weighted by Crippen LogP contribution is -1.73. The number of pyridine rings is 1. The third kappa shape index (κ3) is 1.12. The smallest absolute Gasteiger partial charge is 0.181 e. The summed E-state index contributed by atoms with van der Waals surface area (Å²) in [5, 5.41) is 0. The predicted octanol–water partition coefficient (Wildman–Crippen LogP) is 1.74. The van der Waals surface area contributed by atoms with Crippen LogP contribution in [0.5, 0.6) is 0 Å². The first-order valence-corrected chi connectivity index (χ1v) is 3.26. The lowest BCUT2D eigenvalue weighted by Gasteiger charge is -1.90. The summed E-state index contributed by atoms with van der Waals surface area (Å²) in [6.45, 7) is 0. The van der Waals surface area contributed by atoms with Crippen LogP contribution in [0.1, 0.15) is 0 Å². The molecule has 3 heteroatoms. The van der Waals surface area contributed by atoms with E-state index in [-0.39, 0.29) is 0 Å². The first-order valence-electron chi connectivity index (χ1n) is 3.26. The van der Waals surface area contributed by atoms with Crippen molar-refractivity contribution in [3.8, 4) is 11.3 Å². The molecule has 2 rings (SSSR count). The number of aromatic nitrogens is 2. The van der Waals surface area contributed by atoms with Crippen molar-refractivity contribution >= 4 is 0 Å². The largest absolute Gasteiger partial charge is 0.443 e. The molecule has 2 heterocycles. The molecule has 0 aromatic carbocycles. The van der Waals surface area contributed by atoms with Crippen LogP contribution in [-0.4, -0.2) is 9.97 Å². The minimum Gasteiger partial charge on any atom is -0.443 e. The predicted molar refractivity (Wildman–Crippen MR) is 39.7 cm³/mol. The zero-order valence-electron chi connectivity index (χ0n) is 5.77. The van der Waals surface area contributed by atoms with E-state index < -0.39 is 0 Å². The van der Waals surface area contributed by atoms with Crippen LogP contribution in [0.3, 0.4) is 0 Å². The van der Waals surface area contributed by atoms with E-state index in [4.69, 9.17) is 4.42 Å². The van der Waals surface area contributed by atoms with E-state index >= 15 is 0 Å². The molecule has 0 atom stereocenters. The molecule has 0 bridgehead atoms. The van der Waals surface area contributed by atoms with Crippen LogP contribution >= 0.6 is 0 Å². The molecule has 3 nitrogen and oxygen atoms in total. The summed E-state index contributed by atoms with van der Waals surface area (Å²) in [5.74, 6) is 0.748. The van der Waals surface area contributed by atoms with Crippen LogP contribution < -0.4 is 0 Å². The molecular weight excluding hydrogens is 140 g/mol. The van der Waals surface area contributed by atoms with E-state index in [1.54, 1.807) is 18.6 Å². The van der Waals surface area contributed by atoms with Gasteiger partial charge in [-0.2, -0.15) is 0 Å². The van der Waals surface area contributed by atoms with Gasteiger partial charge in [-0.1, -0.05) is 0 Å². The standard InChI is InChI=1S/C8H6N2O/c1-2-7(4-9-3-1)8-5-10-6-11-8/h1-6H. The first-order chi connectivity index (χ1) is 5.47. The average Bonchev–Trinajstić information content (AvgIpc) is 2.58. The van der Waals surface area contributed by atoms with Gasteiger partial charge in [0.1, 0.15) is 0 Å². The van der Waals surface area contributed by atoms with E-state index in [9.17, 15) is 0 Å². The van der Waals surface area contributed by atoms with Gasteiger partial charge in [0, 0.05) is 18.0 Å². The second-order valence-electron chi connectivity index (χ2n) is 2.11. The minimum absolute atomic E-state index is 0.748. The van der Waals surface area contributed by atoms with Crippen LogP contribution in [0.15, 0.2) is 41.5 Å². The lowest BCUT2D eigenvalue weighted by molar-refractivity contribution is 0.571. The van der Waals surface area contributed by atoms with Crippen molar-refractivity contribution in [3.63, 3.8) is 0 Å². The molecule has 0 unspecified atom stereocenters. The van der Waals surface area contributed by atoms with Gasteiger partial charge >= 0.3 is 0 Å². The van der Waals surface area contributed by atoms with Crippen molar-refractivity contribution in [3.05, 3.63) is 37.1 Å². The van der Waals surface area contributed by atoms with Crippen molar-refractivity contribution in [1.82, 2.24) is 9.97 Å². The zero-order valence-corrected chi connectivity index (χ0v) is 5.77. The molecule has 0 aliphatic carbocycles. The van der Waals surface area contributed by atoms with Crippen LogP contribution in [0.2, 0.25) is 0 Å². The van der Waals surface area contributed by atoms with E-state index in [0.717, 1.165) is 11.3 Å². The quantitative estimate of drug-likeness (QED) is 0.615. The van der Waals surface area contributed by atoms with Crippen LogP contribution in [0, 0.1) is 0 Å². The topological polar surface area (TPSA) is 38.9 Å². The van der Waals surface area contributed by atoms with E-state index in [2.05, 4.69) is 9.97 Å². The second-order valence-corrected chi connectivity index (χ2v) is 2.11. The van der Waals surface area contributed by atoms with Gasteiger partial charge in [0.15, 0.2) is 12.2 Å². The number of hydrogen-bond donors (Lipinski definition) is 0. The van der Waals surface area contributed by atoms with E-state index in [0.29, 0.717) is 0 Å². The molecule has 54 valence electrons. The van der Waals surface area contributed by atoms with Crippen molar-refractivity contribution in [2.24, 2.45) is 0 Å². The summed E-state index contributed by atoms with van der Waals surface area (Å²) in [7, 11) is 0. The second kappa shape index (κ2) is 2.54. The fourth-order valence-electron chi connectivity index (χ4n) is 0.867. The third-order valence-corrected chi connectivity index (χ3v) is 1.38. The maximum absolute atomic E-state index is 5.07. The van der Waals surface area contributed by atoms with Gasteiger partial charge in [-0.15, -0.1) is 0 Å². The number of oxazole rings is 1. The summed E-state index contributed by atoms with van der Waals surface area (Å²) in [5.41, 5.74) is 0.949. The third-order valence-electron chi connectivity index (χ3n) is 1.38. The van der Waals surface area contributed by atoms with Gasteiger partial charge in [-0.05, 0) is 12.1 Å². The molecule has 2 aromatic heterocycles. The molecule has 0 spiro atoms. The normalized spacial score (nSPS) is 9.82. The highest BCUT2D eigenvalue weighted by atomic mass is 16.3. The average molecular weight is 146 g/mol. The maximum atomic E-state index is 5.07. The molecule has 0 N–H and O–H groups in total. The van der Waals surface area contributed by atoms with Crippen LogP contribution in [0.25, 0.3) is 11.3 Å². The van der Waals surface area contributed by atoms with Crippen molar-refractivity contribution in [2.75, 3.05) is 0 Å². The Morgan fingerprint density at radius 2 is 2.18 bits per heavy atom. The molecule has 0 saturated carbocycles. The van der Waals surface area contributed by atoms with Crippen LogP contribution in [-0.2, 0) is 0 Å². The SMILES string of the molecule is c1cncc(-c2cnco2)c1. The number of hydrogen-bond acceptors (Lipinski definition) is 3. The summed E-state index contributed by atoms with van der Waals surface area (Å²) in [6, 6.07) is 3.78. The maximum Gasteiger partial charge on any atom is 0.181 e. The first kappa shape index (κ1) is 6.09. The van der Waals surface area contributed by atoms with Gasteiger partial charge in [-0.3, -0.25) is 4.98 Å². The summed E-state index contributed by atoms with van der Waals surface area (Å²) < 4.78 is 5.07. The Bertz CT molecular complexity index is 315. The van der Waals surface area contributed by atoms with Gasteiger partial charge in [0.2, 0.25) is 0 Å². The Morgan fingerprint density at radius 3 is 2.82 bits per heavy atom. The Balaban J connectivity index is 2.46. The Labute approximate surface area is 63.7 Å². The van der Waals surface area contributed by atoms with Crippen LogP contribution in [0.4, 0.5) is 0 Å². The van der Waals surface area contributed by atoms with Gasteiger partial charge in [0.25, 0.3) is 0 Å². The van der Waals surface area contributed by atoms with Gasteiger partial charge in [-0.25, -0.2) is 4.98 Å². The fourth-order valence-corrected chi connectivity index (χ4v) is 0.867. The lowest BCUT2D eigenvalue weighted by atomic mass is 10.2. The minimum atomic E-state index is 0.748. The van der Waals surface area contributed by atoms with Gasteiger partial charge in [0.05, 0.1) is 6.20 Å².